The Kier molecular flexibility index (Phi) is 10.3. The van der Waals surface area contributed by atoms with E-state index in [1.54, 1.807) is 42.5 Å². The van der Waals surface area contributed by atoms with Crippen LogP contribution in [-0.2, 0) is 24.4 Å². The van der Waals surface area contributed by atoms with E-state index in [0.717, 1.165) is 0 Å². The van der Waals surface area contributed by atoms with Crippen molar-refractivity contribution < 1.29 is 37.1 Å². The van der Waals surface area contributed by atoms with Crippen LogP contribution in [0.25, 0.3) is 10.8 Å². The van der Waals surface area contributed by atoms with Gasteiger partial charge in [-0.05, 0) is 73.1 Å². The second-order valence-electron chi connectivity index (χ2n) is 15.1. The van der Waals surface area contributed by atoms with Gasteiger partial charge in [-0.25, -0.2) is 13.4 Å². The lowest BCUT2D eigenvalue weighted by Gasteiger charge is -2.36. The van der Waals surface area contributed by atoms with E-state index >= 15 is 0 Å². The van der Waals surface area contributed by atoms with Gasteiger partial charge in [-0.15, -0.1) is 0 Å². The molecule has 3 aliphatic rings. The zero-order valence-corrected chi connectivity index (χ0v) is 31.8. The van der Waals surface area contributed by atoms with Gasteiger partial charge in [0, 0.05) is 33.5 Å². The molecule has 53 heavy (non-hydrogen) atoms. The Morgan fingerprint density at radius 1 is 1.09 bits per heavy atom. The van der Waals surface area contributed by atoms with Gasteiger partial charge in [-0.3, -0.25) is 23.9 Å². The number of nitrogens with one attached hydrogen (secondary N) is 3. The maximum atomic E-state index is 14.7. The predicted molar refractivity (Wildman–Crippen MR) is 199 cm³/mol. The van der Waals surface area contributed by atoms with Crippen molar-refractivity contribution in [1.29, 1.82) is 0 Å². The lowest BCUT2D eigenvalue weighted by molar-refractivity contribution is -0.141. The molecule has 16 heteroatoms. The van der Waals surface area contributed by atoms with E-state index in [9.17, 15) is 27.6 Å². The normalized spacial score (nSPS) is 23.2. The number of amides is 4. The van der Waals surface area contributed by atoms with Gasteiger partial charge in [0.15, 0.2) is 0 Å². The predicted octanol–water partition coefficient (Wildman–Crippen LogP) is 3.76. The molecule has 0 spiro atoms. The zero-order valence-electron chi connectivity index (χ0n) is 30.3. The number of likely N-dealkylation sites (tertiary alicyclic amines) is 1. The van der Waals surface area contributed by atoms with E-state index in [0.29, 0.717) is 52.1 Å². The van der Waals surface area contributed by atoms with E-state index in [1.165, 1.54) is 18.2 Å². The first-order chi connectivity index (χ1) is 25.0. The zero-order chi connectivity index (χ0) is 38.5. The van der Waals surface area contributed by atoms with Crippen LogP contribution < -0.4 is 30.6 Å². The number of fused-ring (bicyclic) bond motifs is 1. The van der Waals surface area contributed by atoms with Crippen molar-refractivity contribution in [3.8, 4) is 11.6 Å². The summed E-state index contributed by atoms with van der Waals surface area (Å²) in [5.74, 6) is -1.91. The van der Waals surface area contributed by atoms with Crippen molar-refractivity contribution in [2.75, 3.05) is 19.0 Å². The highest BCUT2D eigenvalue weighted by atomic mass is 35.5. The Hall–Kier alpha value is -4.63. The molecule has 2 heterocycles. The molecule has 1 saturated heterocycles. The van der Waals surface area contributed by atoms with Crippen LogP contribution in [0.15, 0.2) is 48.7 Å². The molecule has 1 aliphatic heterocycles. The minimum atomic E-state index is -3.87. The number of sulfonamides is 1. The van der Waals surface area contributed by atoms with Crippen LogP contribution in [0.4, 0.5) is 5.69 Å². The summed E-state index contributed by atoms with van der Waals surface area (Å²) in [7, 11) is -2.34. The molecule has 5 atom stereocenters. The number of methoxy groups -OCH3 is 1. The third-order valence-corrected chi connectivity index (χ3v) is 12.3. The first-order valence-electron chi connectivity index (χ1n) is 17.6. The highest BCUT2D eigenvalue weighted by molar-refractivity contribution is 7.91. The number of ether oxygens (including phenoxy) is 2. The standard InChI is InChI=1S/C37H45ClN6O8S/c1-6-21-17-37(21,35(48)43-53(49,50)25-12-13-25)42-32(46)28-16-24(52-33-27-15-22(38)9-14-26(27)29(51-5)18-40-33)19-44(28)34(47)30(36(2,3)4)41-23-10-7-20(8-11-23)31(39)45/h7-11,14-15,18,21,24-25,28,30,41H,6,12-13,16-17,19H2,1-5H3,(H2,39,45)(H,42,46)(H,43,48)/t21-,24-,28+,30+,37-/m1/s1. The fourth-order valence-corrected chi connectivity index (χ4v) is 8.50. The molecule has 14 nitrogen and oxygen atoms in total. The summed E-state index contributed by atoms with van der Waals surface area (Å²) in [5, 5.41) is 7.26. The van der Waals surface area contributed by atoms with Crippen molar-refractivity contribution in [2.24, 2.45) is 17.1 Å². The largest absolute Gasteiger partial charge is 0.494 e. The SMILES string of the molecule is CC[C@@H]1C[C@]1(NC(=O)[C@@H]1C[C@@H](Oc2ncc(OC)c3ccc(Cl)cc23)CN1C(=O)[C@H](Nc1ccc(C(N)=O)cc1)C(C)(C)C)C(=O)NS(=O)(=O)C1CC1. The maximum Gasteiger partial charge on any atom is 0.259 e. The van der Waals surface area contributed by atoms with Crippen LogP contribution in [0, 0.1) is 11.3 Å². The van der Waals surface area contributed by atoms with Crippen LogP contribution in [0.2, 0.25) is 5.02 Å². The lowest BCUT2D eigenvalue weighted by atomic mass is 9.85. The first-order valence-corrected chi connectivity index (χ1v) is 19.5. The molecule has 3 aromatic rings. The van der Waals surface area contributed by atoms with Crippen LogP contribution in [0.3, 0.4) is 0 Å². The second kappa shape index (κ2) is 14.3. The summed E-state index contributed by atoms with van der Waals surface area (Å²) in [6, 6.07) is 9.65. The van der Waals surface area contributed by atoms with E-state index < -0.39 is 68.0 Å². The molecule has 2 saturated carbocycles. The van der Waals surface area contributed by atoms with Crippen molar-refractivity contribution in [3.05, 3.63) is 59.2 Å². The van der Waals surface area contributed by atoms with Gasteiger partial charge in [0.05, 0.1) is 25.1 Å². The van der Waals surface area contributed by atoms with Crippen molar-refractivity contribution >= 4 is 61.7 Å². The number of pyridine rings is 1. The van der Waals surface area contributed by atoms with E-state index in [4.69, 9.17) is 26.8 Å². The molecular formula is C37H45ClN6O8S. The average Bonchev–Trinajstić information content (AvgIpc) is 4.03. The van der Waals surface area contributed by atoms with E-state index in [1.807, 2.05) is 27.7 Å². The smallest absolute Gasteiger partial charge is 0.259 e. The number of primary amides is 1. The van der Waals surface area contributed by atoms with Crippen LogP contribution in [-0.4, -0.2) is 84.6 Å². The summed E-state index contributed by atoms with van der Waals surface area (Å²) in [6.45, 7) is 7.50. The minimum Gasteiger partial charge on any atom is -0.494 e. The molecule has 3 fully saturated rings. The van der Waals surface area contributed by atoms with Gasteiger partial charge < -0.3 is 30.7 Å². The quantitative estimate of drug-likeness (QED) is 0.199. The number of rotatable bonds is 13. The average molecular weight is 769 g/mol. The highest BCUT2D eigenvalue weighted by Gasteiger charge is 2.62. The Morgan fingerprint density at radius 3 is 2.38 bits per heavy atom. The molecule has 0 radical (unpaired) electrons. The summed E-state index contributed by atoms with van der Waals surface area (Å²) in [5.41, 5.74) is 4.17. The maximum absolute atomic E-state index is 14.7. The van der Waals surface area contributed by atoms with Gasteiger partial charge in [0.25, 0.3) is 5.91 Å². The van der Waals surface area contributed by atoms with Gasteiger partial charge in [0.2, 0.25) is 33.6 Å². The first kappa shape index (κ1) is 38.1. The molecule has 2 aromatic carbocycles. The fourth-order valence-electron chi connectivity index (χ4n) is 6.96. The summed E-state index contributed by atoms with van der Waals surface area (Å²) in [6.07, 6.45) is 2.59. The van der Waals surface area contributed by atoms with Gasteiger partial charge in [-0.2, -0.15) is 0 Å². The number of nitrogens with zero attached hydrogens (tertiary/aromatic N) is 2. The molecule has 1 aromatic heterocycles. The number of benzene rings is 2. The fraction of sp³-hybridized carbons (Fsp3) is 0.486. The molecule has 0 bridgehead atoms. The Labute approximate surface area is 313 Å². The molecule has 6 rings (SSSR count). The van der Waals surface area contributed by atoms with Crippen molar-refractivity contribution in [3.63, 3.8) is 0 Å². The summed E-state index contributed by atoms with van der Waals surface area (Å²) >= 11 is 6.35. The topological polar surface area (TPSA) is 199 Å². The van der Waals surface area contributed by atoms with Crippen molar-refractivity contribution in [2.45, 2.75) is 88.8 Å². The van der Waals surface area contributed by atoms with Gasteiger partial charge in [-0.1, -0.05) is 45.7 Å². The third kappa shape index (κ3) is 7.86. The Morgan fingerprint density at radius 2 is 1.79 bits per heavy atom. The molecule has 4 amide bonds. The summed E-state index contributed by atoms with van der Waals surface area (Å²) < 4.78 is 39.6. The third-order valence-electron chi connectivity index (χ3n) is 10.3. The molecule has 284 valence electrons. The van der Waals surface area contributed by atoms with E-state index in [2.05, 4.69) is 20.3 Å². The monoisotopic (exact) mass is 768 g/mol. The molecule has 0 unspecified atom stereocenters. The minimum absolute atomic E-state index is 0.00593. The van der Waals surface area contributed by atoms with Crippen LogP contribution >= 0.6 is 11.6 Å². The number of hydrogen-bond acceptors (Lipinski definition) is 10. The number of carbonyl (C=O) groups excluding carboxylic acids is 4. The number of aromatic nitrogens is 1. The van der Waals surface area contributed by atoms with Gasteiger partial charge in [0.1, 0.15) is 29.5 Å². The number of anilines is 1. The summed E-state index contributed by atoms with van der Waals surface area (Å²) in [4.78, 5) is 60.2. The van der Waals surface area contributed by atoms with Crippen molar-refractivity contribution in [1.82, 2.24) is 19.9 Å². The number of carbonyl (C=O) groups is 4. The lowest BCUT2D eigenvalue weighted by Crippen LogP contribution is -2.58. The van der Waals surface area contributed by atoms with Gasteiger partial charge >= 0.3 is 0 Å². The molecule has 2 aliphatic carbocycles. The molecular weight excluding hydrogens is 724 g/mol. The number of halogens is 1. The second-order valence-corrected chi connectivity index (χ2v) is 17.5. The number of nitrogens with two attached hydrogens (primary N) is 1. The van der Waals surface area contributed by atoms with Crippen LogP contribution in [0.1, 0.15) is 70.2 Å². The molecule has 5 N–H and O–H groups in total. The van der Waals surface area contributed by atoms with E-state index in [-0.39, 0.29) is 31.2 Å². The van der Waals surface area contributed by atoms with Crippen LogP contribution in [0.5, 0.6) is 11.6 Å². The Balaban J connectivity index is 1.31. The number of hydrogen-bond donors (Lipinski definition) is 4. The highest BCUT2D eigenvalue weighted by Crippen LogP contribution is 2.47. The Bertz CT molecular complexity index is 2050.